The van der Waals surface area contributed by atoms with E-state index < -0.39 is 0 Å². The summed E-state index contributed by atoms with van der Waals surface area (Å²) in [5.41, 5.74) is 0. The molecule has 0 aromatic rings. The second-order valence-corrected chi connectivity index (χ2v) is 8.10. The minimum absolute atomic E-state index is 0.784. The van der Waals surface area contributed by atoms with Crippen molar-refractivity contribution in [2.45, 2.75) is 84.0 Å². The lowest BCUT2D eigenvalue weighted by Gasteiger charge is -2.19. The van der Waals surface area contributed by atoms with Crippen LogP contribution in [0.4, 0.5) is 0 Å². The summed E-state index contributed by atoms with van der Waals surface area (Å²) < 4.78 is 0. The van der Waals surface area contributed by atoms with E-state index in [1.807, 2.05) is 0 Å². The van der Waals surface area contributed by atoms with Crippen molar-refractivity contribution >= 4 is 0 Å². The highest BCUT2D eigenvalue weighted by Gasteiger charge is 2.08. The van der Waals surface area contributed by atoms with E-state index in [4.69, 9.17) is 0 Å². The van der Waals surface area contributed by atoms with E-state index in [0.717, 1.165) is 45.2 Å². The Morgan fingerprint density at radius 1 is 0.538 bits per heavy atom. The summed E-state index contributed by atoms with van der Waals surface area (Å²) >= 11 is 0. The molecule has 0 spiro atoms. The lowest BCUT2D eigenvalue weighted by Crippen LogP contribution is -2.38. The molecule has 4 N–H and O–H groups in total. The molecule has 0 saturated carbocycles. The quantitative estimate of drug-likeness (QED) is 0.420. The molecule has 26 heavy (non-hydrogen) atoms. The molecule has 0 atom stereocenters. The van der Waals surface area contributed by atoms with Crippen molar-refractivity contribution in [3.05, 3.63) is 0 Å². The van der Waals surface area contributed by atoms with Gasteiger partial charge in [-0.1, -0.05) is 71.1 Å². The summed E-state index contributed by atoms with van der Waals surface area (Å²) in [5, 5.41) is 14.4. The Morgan fingerprint density at radius 2 is 1.00 bits per heavy atom. The molecule has 0 amide bonds. The number of hydrogen-bond acceptors (Lipinski definition) is 4. The van der Waals surface area contributed by atoms with Crippen LogP contribution in [0.3, 0.4) is 0 Å². The van der Waals surface area contributed by atoms with Gasteiger partial charge in [-0.25, -0.2) is 0 Å². The summed E-state index contributed by atoms with van der Waals surface area (Å²) in [7, 11) is 0. The summed E-state index contributed by atoms with van der Waals surface area (Å²) in [6, 6.07) is 0. The van der Waals surface area contributed by atoms with Crippen molar-refractivity contribution in [3.63, 3.8) is 0 Å². The zero-order valence-corrected chi connectivity index (χ0v) is 17.7. The monoisotopic (exact) mass is 368 g/mol. The molecule has 0 radical (unpaired) electrons. The van der Waals surface area contributed by atoms with Crippen LogP contribution in [0.2, 0.25) is 0 Å². The molecule has 4 nitrogen and oxygen atoms in total. The minimum Gasteiger partial charge on any atom is -0.315 e. The Kier molecular flexibility index (Phi) is 18.0. The van der Waals surface area contributed by atoms with E-state index in [9.17, 15) is 0 Å². The van der Waals surface area contributed by atoms with E-state index in [0.29, 0.717) is 0 Å². The molecule has 4 heteroatoms. The minimum atomic E-state index is 0.784. The summed E-state index contributed by atoms with van der Waals surface area (Å²) in [4.78, 5) is 0. The second kappa shape index (κ2) is 19.6. The first kappa shape index (κ1) is 23.9. The van der Waals surface area contributed by atoms with Gasteiger partial charge in [0.05, 0.1) is 0 Å². The molecule has 1 saturated heterocycles. The van der Waals surface area contributed by atoms with E-state index in [1.54, 1.807) is 0 Å². The van der Waals surface area contributed by atoms with Gasteiger partial charge in [-0.05, 0) is 44.9 Å². The Morgan fingerprint density at radius 3 is 1.54 bits per heavy atom. The molecule has 1 heterocycles. The predicted octanol–water partition coefficient (Wildman–Crippen LogP) is 3.68. The van der Waals surface area contributed by atoms with Crippen molar-refractivity contribution in [1.29, 1.82) is 0 Å². The maximum Gasteiger partial charge on any atom is 0.00768 e. The molecule has 0 bridgehead atoms. The zero-order chi connectivity index (χ0) is 18.5. The molecule has 1 aliphatic heterocycles. The standard InChI is InChI=1S/C22H48N4/c1-2-3-4-5-6-7-8-9-10-11-13-22-20-25-18-16-23-14-12-15-24-17-19-26-21-22/h22-26H,2-21H2,1H3. The van der Waals surface area contributed by atoms with E-state index in [1.165, 1.54) is 90.1 Å². The van der Waals surface area contributed by atoms with Crippen LogP contribution in [0.1, 0.15) is 84.0 Å². The second-order valence-electron chi connectivity index (χ2n) is 8.10. The van der Waals surface area contributed by atoms with Gasteiger partial charge >= 0.3 is 0 Å². The number of nitrogens with one attached hydrogen (secondary N) is 4. The van der Waals surface area contributed by atoms with E-state index in [-0.39, 0.29) is 0 Å². The van der Waals surface area contributed by atoms with Crippen LogP contribution in [-0.2, 0) is 0 Å². The van der Waals surface area contributed by atoms with Crippen molar-refractivity contribution < 1.29 is 0 Å². The van der Waals surface area contributed by atoms with Crippen molar-refractivity contribution in [2.24, 2.45) is 5.92 Å². The summed E-state index contributed by atoms with van der Waals surface area (Å²) in [6.07, 6.45) is 16.9. The average molecular weight is 369 g/mol. The lowest BCUT2D eigenvalue weighted by molar-refractivity contribution is 0.393. The van der Waals surface area contributed by atoms with Crippen LogP contribution < -0.4 is 21.3 Å². The lowest BCUT2D eigenvalue weighted by atomic mass is 9.99. The Hall–Kier alpha value is -0.160. The van der Waals surface area contributed by atoms with Crippen molar-refractivity contribution in [2.75, 3.05) is 52.4 Å². The molecule has 1 fully saturated rings. The molecule has 0 unspecified atom stereocenters. The largest absolute Gasteiger partial charge is 0.315 e. The molecule has 1 rings (SSSR count). The molecular formula is C22H48N4. The van der Waals surface area contributed by atoms with E-state index in [2.05, 4.69) is 28.2 Å². The van der Waals surface area contributed by atoms with Crippen LogP contribution in [0.25, 0.3) is 0 Å². The highest BCUT2D eigenvalue weighted by atomic mass is 15.0. The fourth-order valence-electron chi connectivity index (χ4n) is 3.75. The highest BCUT2D eigenvalue weighted by molar-refractivity contribution is 4.68. The first-order chi connectivity index (χ1) is 12.9. The van der Waals surface area contributed by atoms with Gasteiger partial charge in [0.25, 0.3) is 0 Å². The van der Waals surface area contributed by atoms with Crippen LogP contribution in [0, 0.1) is 5.92 Å². The molecule has 0 aromatic carbocycles. The van der Waals surface area contributed by atoms with Crippen LogP contribution >= 0.6 is 0 Å². The maximum absolute atomic E-state index is 3.66. The van der Waals surface area contributed by atoms with Gasteiger partial charge in [-0.3, -0.25) is 0 Å². The number of hydrogen-bond donors (Lipinski definition) is 4. The first-order valence-electron chi connectivity index (χ1n) is 11.8. The fraction of sp³-hybridized carbons (Fsp3) is 1.00. The highest BCUT2D eigenvalue weighted by Crippen LogP contribution is 2.13. The topological polar surface area (TPSA) is 48.1 Å². The Bertz CT molecular complexity index is 259. The third kappa shape index (κ3) is 16.0. The van der Waals surface area contributed by atoms with Gasteiger partial charge in [0.1, 0.15) is 0 Å². The van der Waals surface area contributed by atoms with E-state index >= 15 is 0 Å². The number of rotatable bonds is 11. The van der Waals surface area contributed by atoms with Crippen molar-refractivity contribution in [3.8, 4) is 0 Å². The Labute approximate surface area is 164 Å². The first-order valence-corrected chi connectivity index (χ1v) is 11.8. The van der Waals surface area contributed by atoms with Gasteiger partial charge in [0.2, 0.25) is 0 Å². The number of unbranched alkanes of at least 4 members (excludes halogenated alkanes) is 9. The van der Waals surface area contributed by atoms with Crippen LogP contribution in [0.15, 0.2) is 0 Å². The summed E-state index contributed by atoms with van der Waals surface area (Å²) in [5.74, 6) is 0.784. The predicted molar refractivity (Wildman–Crippen MR) is 116 cm³/mol. The normalized spacial score (nSPS) is 19.3. The molecule has 1 aliphatic rings. The van der Waals surface area contributed by atoms with Gasteiger partial charge in [0, 0.05) is 26.2 Å². The van der Waals surface area contributed by atoms with Gasteiger partial charge in [0.15, 0.2) is 0 Å². The molecule has 0 aliphatic carbocycles. The average Bonchev–Trinajstić information content (AvgIpc) is 2.66. The van der Waals surface area contributed by atoms with Crippen LogP contribution in [0.5, 0.6) is 0 Å². The fourth-order valence-corrected chi connectivity index (χ4v) is 3.75. The van der Waals surface area contributed by atoms with Gasteiger partial charge < -0.3 is 21.3 Å². The van der Waals surface area contributed by atoms with Gasteiger partial charge in [-0.2, -0.15) is 0 Å². The van der Waals surface area contributed by atoms with Crippen LogP contribution in [-0.4, -0.2) is 52.4 Å². The maximum atomic E-state index is 3.66. The van der Waals surface area contributed by atoms with Crippen molar-refractivity contribution in [1.82, 2.24) is 21.3 Å². The molecular weight excluding hydrogens is 320 g/mol. The third-order valence-corrected chi connectivity index (χ3v) is 5.50. The Balaban J connectivity index is 2.02. The summed E-state index contributed by atoms with van der Waals surface area (Å²) in [6.45, 7) is 11.3. The molecule has 0 aromatic heterocycles. The van der Waals surface area contributed by atoms with Gasteiger partial charge in [-0.15, -0.1) is 0 Å². The third-order valence-electron chi connectivity index (χ3n) is 5.50. The molecule has 156 valence electrons. The zero-order valence-electron chi connectivity index (χ0n) is 17.7. The SMILES string of the molecule is CCCCCCCCCCCCC1CNCCNCCCNCCNC1. The smallest absolute Gasteiger partial charge is 0.00768 e.